The van der Waals surface area contributed by atoms with Gasteiger partial charge in [-0.2, -0.15) is 0 Å². The zero-order valence-electron chi connectivity index (χ0n) is 14.4. The highest BCUT2D eigenvalue weighted by Gasteiger charge is 2.16. The van der Waals surface area contributed by atoms with Crippen LogP contribution in [0.4, 0.5) is 11.4 Å². The van der Waals surface area contributed by atoms with Gasteiger partial charge in [-0.3, -0.25) is 0 Å². The Morgan fingerprint density at radius 3 is 2.33 bits per heavy atom. The maximum Gasteiger partial charge on any atom is 0.136 e. The number of benzene rings is 4. The summed E-state index contributed by atoms with van der Waals surface area (Å²) in [4.78, 5) is 2.52. The van der Waals surface area contributed by atoms with Crippen LogP contribution in [0.15, 0.2) is 99.1 Å². The fourth-order valence-corrected chi connectivity index (χ4v) is 4.69. The molecule has 4 aromatic carbocycles. The van der Waals surface area contributed by atoms with Crippen LogP contribution >= 0.6 is 11.8 Å². The van der Waals surface area contributed by atoms with Gasteiger partial charge in [0, 0.05) is 20.6 Å². The molecule has 0 unspecified atom stereocenters. The number of hydrogen-bond donors (Lipinski definition) is 1. The first-order valence-corrected chi connectivity index (χ1v) is 9.76. The Morgan fingerprint density at radius 2 is 1.33 bits per heavy atom. The van der Waals surface area contributed by atoms with Crippen LogP contribution in [0.2, 0.25) is 0 Å². The highest BCUT2D eigenvalue weighted by atomic mass is 32.2. The quantitative estimate of drug-likeness (QED) is 0.327. The zero-order chi connectivity index (χ0) is 17.8. The van der Waals surface area contributed by atoms with Crippen molar-refractivity contribution < 1.29 is 4.42 Å². The van der Waals surface area contributed by atoms with E-state index < -0.39 is 0 Å². The largest absolute Gasteiger partial charge is 0.456 e. The molecule has 1 aliphatic rings. The molecule has 3 heteroatoms. The Kier molecular flexibility index (Phi) is 3.13. The Labute approximate surface area is 160 Å². The lowest BCUT2D eigenvalue weighted by atomic mass is 10.0. The van der Waals surface area contributed by atoms with Gasteiger partial charge < -0.3 is 9.73 Å². The molecule has 2 nitrogen and oxygen atoms in total. The molecule has 0 atom stereocenters. The third-order valence-electron chi connectivity index (χ3n) is 5.07. The van der Waals surface area contributed by atoms with Gasteiger partial charge in [0.2, 0.25) is 0 Å². The van der Waals surface area contributed by atoms with Crippen molar-refractivity contribution in [1.29, 1.82) is 0 Å². The van der Waals surface area contributed by atoms with Crippen molar-refractivity contribution in [3.63, 3.8) is 0 Å². The number of nitrogens with one attached hydrogen (secondary N) is 1. The lowest BCUT2D eigenvalue weighted by Gasteiger charge is -2.21. The molecule has 27 heavy (non-hydrogen) atoms. The van der Waals surface area contributed by atoms with E-state index in [1.165, 1.54) is 26.4 Å². The minimum Gasteiger partial charge on any atom is -0.456 e. The molecular formula is C24H15NOS. The van der Waals surface area contributed by atoms with Crippen LogP contribution < -0.4 is 5.32 Å². The van der Waals surface area contributed by atoms with Crippen molar-refractivity contribution in [1.82, 2.24) is 0 Å². The Hall–Kier alpha value is -3.17. The van der Waals surface area contributed by atoms with E-state index in [4.69, 9.17) is 4.42 Å². The number of para-hydroxylation sites is 2. The van der Waals surface area contributed by atoms with Gasteiger partial charge in [-0.15, -0.1) is 0 Å². The molecule has 0 aliphatic carbocycles. The first-order chi connectivity index (χ1) is 13.3. The second kappa shape index (κ2) is 5.66. The highest BCUT2D eigenvalue weighted by Crippen LogP contribution is 2.45. The van der Waals surface area contributed by atoms with E-state index in [0.717, 1.165) is 27.8 Å². The predicted molar refractivity (Wildman–Crippen MR) is 113 cm³/mol. The Bertz CT molecular complexity index is 1340. The number of anilines is 2. The van der Waals surface area contributed by atoms with E-state index in [1.807, 2.05) is 23.9 Å². The van der Waals surface area contributed by atoms with E-state index in [1.54, 1.807) is 0 Å². The van der Waals surface area contributed by atoms with Gasteiger partial charge >= 0.3 is 0 Å². The molecule has 0 spiro atoms. The van der Waals surface area contributed by atoms with Gasteiger partial charge in [-0.25, -0.2) is 0 Å². The third kappa shape index (κ3) is 2.36. The molecule has 0 fully saturated rings. The van der Waals surface area contributed by atoms with Crippen LogP contribution in [0.5, 0.6) is 0 Å². The normalized spacial score (nSPS) is 12.6. The average molecular weight is 365 g/mol. The van der Waals surface area contributed by atoms with Gasteiger partial charge in [-0.1, -0.05) is 54.2 Å². The summed E-state index contributed by atoms with van der Waals surface area (Å²) in [6.45, 7) is 0. The molecule has 0 bridgehead atoms. The van der Waals surface area contributed by atoms with E-state index in [-0.39, 0.29) is 0 Å². The van der Waals surface area contributed by atoms with Crippen molar-refractivity contribution in [2.24, 2.45) is 0 Å². The Balaban J connectivity index is 1.45. The van der Waals surface area contributed by atoms with Crippen molar-refractivity contribution in [2.45, 2.75) is 9.79 Å². The molecule has 0 saturated heterocycles. The predicted octanol–water partition coefficient (Wildman–Crippen LogP) is 7.46. The fourth-order valence-electron chi connectivity index (χ4n) is 3.72. The lowest BCUT2D eigenvalue weighted by Crippen LogP contribution is -1.99. The number of fused-ring (bicyclic) bond motifs is 5. The third-order valence-corrected chi connectivity index (χ3v) is 6.22. The van der Waals surface area contributed by atoms with Gasteiger partial charge in [0.05, 0.1) is 11.4 Å². The molecule has 1 aliphatic heterocycles. The summed E-state index contributed by atoms with van der Waals surface area (Å²) in [6.07, 6.45) is 0. The van der Waals surface area contributed by atoms with Crippen molar-refractivity contribution >= 4 is 45.1 Å². The van der Waals surface area contributed by atoms with Crippen LogP contribution in [-0.2, 0) is 0 Å². The van der Waals surface area contributed by atoms with Gasteiger partial charge in [0.1, 0.15) is 11.2 Å². The molecular weight excluding hydrogens is 350 g/mol. The van der Waals surface area contributed by atoms with Crippen LogP contribution in [0.3, 0.4) is 0 Å². The summed E-state index contributed by atoms with van der Waals surface area (Å²) in [6, 6.07) is 29.7. The van der Waals surface area contributed by atoms with Crippen LogP contribution in [-0.4, -0.2) is 0 Å². The van der Waals surface area contributed by atoms with E-state index >= 15 is 0 Å². The first-order valence-electron chi connectivity index (χ1n) is 8.95. The maximum atomic E-state index is 6.05. The van der Waals surface area contributed by atoms with Crippen LogP contribution in [0.25, 0.3) is 33.1 Å². The molecule has 1 aromatic heterocycles. The standard InChI is InChI=1S/C24H15NOS/c1-3-7-21-17(5-1)18-11-9-16(14-22(18)26-21)15-10-12-24-20(13-15)25-19-6-2-4-8-23(19)27-24/h1-14,25H. The summed E-state index contributed by atoms with van der Waals surface area (Å²) in [7, 11) is 0. The average Bonchev–Trinajstić information content (AvgIpc) is 3.09. The molecule has 0 radical (unpaired) electrons. The smallest absolute Gasteiger partial charge is 0.136 e. The summed E-state index contributed by atoms with van der Waals surface area (Å²) in [5, 5.41) is 5.89. The van der Waals surface area contributed by atoms with Gasteiger partial charge in [-0.05, 0) is 53.6 Å². The lowest BCUT2D eigenvalue weighted by molar-refractivity contribution is 0.669. The fraction of sp³-hybridized carbons (Fsp3) is 0. The summed E-state index contributed by atoms with van der Waals surface area (Å²) >= 11 is 1.81. The molecule has 128 valence electrons. The van der Waals surface area contributed by atoms with Crippen LogP contribution in [0.1, 0.15) is 0 Å². The van der Waals surface area contributed by atoms with Crippen LogP contribution in [0, 0.1) is 0 Å². The minimum absolute atomic E-state index is 0.930. The van der Waals surface area contributed by atoms with Crippen molar-refractivity contribution in [2.75, 3.05) is 5.32 Å². The SMILES string of the molecule is c1ccc2c(c1)Nc1cc(-c3ccc4c(c3)oc3ccccc34)ccc1S2. The molecule has 0 amide bonds. The molecule has 2 heterocycles. The highest BCUT2D eigenvalue weighted by molar-refractivity contribution is 7.99. The number of furan rings is 1. The van der Waals surface area contributed by atoms with Gasteiger partial charge in [0.25, 0.3) is 0 Å². The molecule has 0 saturated carbocycles. The van der Waals surface area contributed by atoms with Crippen molar-refractivity contribution in [3.05, 3.63) is 84.9 Å². The summed E-state index contributed by atoms with van der Waals surface area (Å²) in [5.41, 5.74) is 6.53. The molecule has 6 rings (SSSR count). The van der Waals surface area contributed by atoms with E-state index in [0.29, 0.717) is 0 Å². The van der Waals surface area contributed by atoms with E-state index in [2.05, 4.69) is 78.1 Å². The number of hydrogen-bond acceptors (Lipinski definition) is 3. The monoisotopic (exact) mass is 365 g/mol. The maximum absolute atomic E-state index is 6.05. The minimum atomic E-state index is 0.930. The molecule has 1 N–H and O–H groups in total. The number of rotatable bonds is 1. The summed E-state index contributed by atoms with van der Waals surface area (Å²) in [5.74, 6) is 0. The summed E-state index contributed by atoms with van der Waals surface area (Å²) < 4.78 is 6.05. The molecule has 5 aromatic rings. The van der Waals surface area contributed by atoms with E-state index in [9.17, 15) is 0 Å². The second-order valence-corrected chi connectivity index (χ2v) is 7.83. The first kappa shape index (κ1) is 14.9. The van der Waals surface area contributed by atoms with Crippen molar-refractivity contribution in [3.8, 4) is 11.1 Å². The zero-order valence-corrected chi connectivity index (χ0v) is 15.2. The topological polar surface area (TPSA) is 25.2 Å². The second-order valence-electron chi connectivity index (χ2n) is 6.74. The van der Waals surface area contributed by atoms with Gasteiger partial charge in [0.15, 0.2) is 0 Å². The Morgan fingerprint density at radius 1 is 0.593 bits per heavy atom.